The molecule has 150 valence electrons. The van der Waals surface area contributed by atoms with Crippen LogP contribution in [0.3, 0.4) is 0 Å². The van der Waals surface area contributed by atoms with Gasteiger partial charge in [0.1, 0.15) is 11.5 Å². The van der Waals surface area contributed by atoms with Crippen molar-refractivity contribution in [1.82, 2.24) is 0 Å². The number of Topliss-reactive ketones (excluding diaryl/α,β-unsaturated/α-hetero) is 1. The van der Waals surface area contributed by atoms with Crippen LogP contribution in [-0.2, 0) is 0 Å². The number of carbonyl (C=O) groups is 1. The Balaban J connectivity index is 2.15. The van der Waals surface area contributed by atoms with E-state index in [1.165, 1.54) is 0 Å². The minimum absolute atomic E-state index is 0.0274. The average molecular weight is 400 g/mol. The highest BCUT2D eigenvalue weighted by Crippen LogP contribution is 2.33. The molecular formula is C24H22N3O3+. The van der Waals surface area contributed by atoms with E-state index in [0.29, 0.717) is 28.3 Å². The average Bonchev–Trinajstić information content (AvgIpc) is 3.05. The third kappa shape index (κ3) is 3.55. The van der Waals surface area contributed by atoms with Gasteiger partial charge in [-0.3, -0.25) is 10.2 Å². The van der Waals surface area contributed by atoms with E-state index in [4.69, 9.17) is 14.9 Å². The molecule has 0 amide bonds. The molecule has 0 saturated heterocycles. The van der Waals surface area contributed by atoms with E-state index < -0.39 is 5.54 Å². The largest absolute Gasteiger partial charge is 0.497 e. The summed E-state index contributed by atoms with van der Waals surface area (Å²) in [5.74, 6) is 3.42. The number of rotatable bonds is 6. The molecule has 2 aromatic carbocycles. The fourth-order valence-corrected chi connectivity index (χ4v) is 3.55. The standard InChI is InChI=1S/C24H22N3O3/c1-24(2)21(23(28)17-7-11-20(30-4)12-8-17)13-22(27(24)18(14-25)15-26)16-5-9-19(29-3)10-6-16/h5-13,25H,1-4H3/q+1. The summed E-state index contributed by atoms with van der Waals surface area (Å²) in [7, 11) is 3.16. The van der Waals surface area contributed by atoms with E-state index in [-0.39, 0.29) is 11.5 Å². The van der Waals surface area contributed by atoms with Gasteiger partial charge < -0.3 is 9.47 Å². The zero-order valence-electron chi connectivity index (χ0n) is 17.3. The van der Waals surface area contributed by atoms with Gasteiger partial charge in [-0.15, -0.1) is 0 Å². The summed E-state index contributed by atoms with van der Waals surface area (Å²) in [6.07, 6.45) is 1.78. The minimum atomic E-state index is -0.856. The number of nitrogens with zero attached hydrogens (tertiary/aromatic N) is 2. The van der Waals surface area contributed by atoms with Crippen LogP contribution in [0, 0.1) is 16.7 Å². The molecule has 3 rings (SSSR count). The molecule has 0 aromatic heterocycles. The first kappa shape index (κ1) is 20.8. The second-order valence-electron chi connectivity index (χ2n) is 7.21. The van der Waals surface area contributed by atoms with Crippen LogP contribution in [-0.4, -0.2) is 41.7 Å². The normalized spacial score (nSPS) is 14.4. The van der Waals surface area contributed by atoms with Gasteiger partial charge in [0.05, 0.1) is 25.7 Å². The van der Waals surface area contributed by atoms with Crippen molar-refractivity contribution in [1.29, 1.82) is 10.7 Å². The molecule has 6 heteroatoms. The van der Waals surface area contributed by atoms with Gasteiger partial charge >= 0.3 is 5.70 Å². The summed E-state index contributed by atoms with van der Waals surface area (Å²) >= 11 is 0. The first-order valence-electron chi connectivity index (χ1n) is 9.29. The predicted octanol–water partition coefficient (Wildman–Crippen LogP) is 3.76. The van der Waals surface area contributed by atoms with E-state index in [0.717, 1.165) is 5.56 Å². The lowest BCUT2D eigenvalue weighted by molar-refractivity contribution is -0.531. The Hall–Kier alpha value is -3.94. The molecule has 2 aromatic rings. The summed E-state index contributed by atoms with van der Waals surface area (Å²) in [6.45, 7) is 3.71. The minimum Gasteiger partial charge on any atom is -0.497 e. The molecule has 0 fully saturated rings. The Morgan fingerprint density at radius 3 is 2.00 bits per heavy atom. The van der Waals surface area contributed by atoms with Gasteiger partial charge in [0, 0.05) is 31.1 Å². The SMILES string of the molecule is COc1ccc(C(=O)C2=CC(c3ccc(OC)cc3)=[N+](C(=C=N)C#N)C2(C)C)cc1. The van der Waals surface area contributed by atoms with Crippen LogP contribution >= 0.6 is 0 Å². The molecule has 1 heterocycles. The van der Waals surface area contributed by atoms with Crippen molar-refractivity contribution in [2.45, 2.75) is 19.4 Å². The Morgan fingerprint density at radius 1 is 1.00 bits per heavy atom. The molecule has 1 N–H and O–H groups in total. The van der Waals surface area contributed by atoms with Crippen molar-refractivity contribution in [2.24, 2.45) is 0 Å². The van der Waals surface area contributed by atoms with Crippen LogP contribution in [0.5, 0.6) is 11.5 Å². The van der Waals surface area contributed by atoms with Crippen molar-refractivity contribution in [3.05, 3.63) is 77.0 Å². The van der Waals surface area contributed by atoms with Crippen LogP contribution in [0.25, 0.3) is 0 Å². The first-order valence-corrected chi connectivity index (χ1v) is 9.29. The number of carbonyl (C=O) groups excluding carboxylic acids is 1. The summed E-state index contributed by atoms with van der Waals surface area (Å²) in [4.78, 5) is 13.4. The molecule has 30 heavy (non-hydrogen) atoms. The van der Waals surface area contributed by atoms with Gasteiger partial charge in [0.15, 0.2) is 17.4 Å². The van der Waals surface area contributed by atoms with Crippen LogP contribution < -0.4 is 9.47 Å². The third-order valence-electron chi connectivity index (χ3n) is 5.17. The number of hydrogen-bond donors (Lipinski definition) is 1. The smallest absolute Gasteiger partial charge is 0.347 e. The lowest BCUT2D eigenvalue weighted by atomic mass is 9.88. The van der Waals surface area contributed by atoms with E-state index in [1.54, 1.807) is 49.1 Å². The van der Waals surface area contributed by atoms with E-state index in [1.807, 2.05) is 44.2 Å². The molecule has 0 bridgehead atoms. The second kappa shape index (κ2) is 8.20. The number of nitriles is 1. The number of allylic oxidation sites excluding steroid dienone is 2. The van der Waals surface area contributed by atoms with Gasteiger partial charge in [-0.1, -0.05) is 0 Å². The zero-order valence-corrected chi connectivity index (χ0v) is 17.3. The lowest BCUT2D eigenvalue weighted by Gasteiger charge is -2.20. The number of ether oxygens (including phenoxy) is 2. The summed E-state index contributed by atoms with van der Waals surface area (Å²) in [6, 6.07) is 16.3. The molecule has 1 aliphatic rings. The molecule has 0 atom stereocenters. The summed E-state index contributed by atoms with van der Waals surface area (Å²) < 4.78 is 12.1. The van der Waals surface area contributed by atoms with Crippen molar-refractivity contribution in [3.8, 4) is 17.6 Å². The van der Waals surface area contributed by atoms with Crippen molar-refractivity contribution in [2.75, 3.05) is 14.2 Å². The maximum absolute atomic E-state index is 13.4. The van der Waals surface area contributed by atoms with Crippen LogP contribution in [0.4, 0.5) is 0 Å². The number of methoxy groups -OCH3 is 2. The maximum atomic E-state index is 13.4. The Labute approximate surface area is 175 Å². The first-order chi connectivity index (χ1) is 14.4. The van der Waals surface area contributed by atoms with Gasteiger partial charge in [-0.25, -0.2) is 0 Å². The van der Waals surface area contributed by atoms with Gasteiger partial charge in [-0.05, 0) is 48.5 Å². The van der Waals surface area contributed by atoms with Gasteiger partial charge in [0.25, 0.3) is 0 Å². The Morgan fingerprint density at radius 2 is 1.53 bits per heavy atom. The molecule has 1 aliphatic heterocycles. The lowest BCUT2D eigenvalue weighted by Crippen LogP contribution is -2.39. The van der Waals surface area contributed by atoms with Crippen molar-refractivity contribution in [3.63, 3.8) is 0 Å². The summed E-state index contributed by atoms with van der Waals surface area (Å²) in [5, 5.41) is 17.2. The quantitative estimate of drug-likeness (QED) is 0.346. The van der Waals surface area contributed by atoms with Crippen molar-refractivity contribution >= 4 is 17.4 Å². The Bertz CT molecular complexity index is 1140. The fourth-order valence-electron chi connectivity index (χ4n) is 3.55. The molecule has 0 spiro atoms. The van der Waals surface area contributed by atoms with Crippen LogP contribution in [0.2, 0.25) is 0 Å². The number of benzene rings is 2. The van der Waals surface area contributed by atoms with E-state index >= 15 is 0 Å². The maximum Gasteiger partial charge on any atom is 0.347 e. The van der Waals surface area contributed by atoms with Gasteiger partial charge in [0.2, 0.25) is 5.71 Å². The Kier molecular flexibility index (Phi) is 5.68. The van der Waals surface area contributed by atoms with Crippen LogP contribution in [0.1, 0.15) is 29.8 Å². The molecule has 0 unspecified atom stereocenters. The van der Waals surface area contributed by atoms with E-state index in [9.17, 15) is 10.1 Å². The molecule has 0 saturated carbocycles. The zero-order chi connectivity index (χ0) is 21.9. The monoisotopic (exact) mass is 400 g/mol. The molecule has 6 nitrogen and oxygen atoms in total. The van der Waals surface area contributed by atoms with E-state index in [2.05, 4.69) is 5.87 Å². The highest BCUT2D eigenvalue weighted by atomic mass is 16.5. The highest BCUT2D eigenvalue weighted by molar-refractivity contribution is 6.18. The van der Waals surface area contributed by atoms with Crippen LogP contribution in [0.15, 0.2) is 65.9 Å². The van der Waals surface area contributed by atoms with Gasteiger partial charge in [-0.2, -0.15) is 9.84 Å². The summed E-state index contributed by atoms with van der Waals surface area (Å²) in [5.41, 5.74) is 1.65. The number of nitrogens with one attached hydrogen (secondary N) is 1. The van der Waals surface area contributed by atoms with Crippen molar-refractivity contribution < 1.29 is 18.8 Å². The molecule has 0 radical (unpaired) electrons. The predicted molar refractivity (Wildman–Crippen MR) is 114 cm³/mol. The topological polar surface area (TPSA) is 86.2 Å². The fraction of sp³-hybridized carbons (Fsp3) is 0.208. The second-order valence-corrected chi connectivity index (χ2v) is 7.21. The molecular weight excluding hydrogens is 378 g/mol. The third-order valence-corrected chi connectivity index (χ3v) is 5.17. The highest BCUT2D eigenvalue weighted by Gasteiger charge is 2.48. The number of ketones is 1. The molecule has 0 aliphatic carbocycles. The number of hydrogen-bond acceptors (Lipinski definition) is 5.